The number of para-hydroxylation sites is 1. The molecule has 0 saturated heterocycles. The van der Waals surface area contributed by atoms with Crippen LogP contribution in [0.1, 0.15) is 12.5 Å². The quantitative estimate of drug-likeness (QED) is 0.789. The highest BCUT2D eigenvalue weighted by atomic mass is 35.5. The number of hydrogen-bond donors (Lipinski definition) is 2. The van der Waals surface area contributed by atoms with Crippen molar-refractivity contribution >= 4 is 18.3 Å². The predicted octanol–water partition coefficient (Wildman–Crippen LogP) is 1.01. The van der Waals surface area contributed by atoms with E-state index in [9.17, 15) is 4.79 Å². The third-order valence-corrected chi connectivity index (χ3v) is 2.64. The van der Waals surface area contributed by atoms with E-state index in [2.05, 4.69) is 10.2 Å². The second kappa shape index (κ2) is 9.58. The fraction of sp³-hybridized carbons (Fsp3) is 0.500. The van der Waals surface area contributed by atoms with Crippen molar-refractivity contribution < 1.29 is 9.53 Å². The lowest BCUT2D eigenvalue weighted by Gasteiger charge is -2.15. The molecule has 0 heterocycles. The SMILES string of the molecule is CC(N)C(=O)NCc1ccccc1OCCN(C)C.Cl. The standard InChI is InChI=1S/C14H23N3O2.ClH/c1-11(15)14(18)16-10-12-6-4-5-7-13(12)19-9-8-17(2)3;/h4-7,11H,8-10,15H2,1-3H3,(H,16,18);1H. The molecule has 0 spiro atoms. The molecule has 0 aliphatic rings. The van der Waals surface area contributed by atoms with Crippen molar-refractivity contribution in [2.24, 2.45) is 5.73 Å². The van der Waals surface area contributed by atoms with Crippen LogP contribution in [0, 0.1) is 0 Å². The van der Waals surface area contributed by atoms with E-state index >= 15 is 0 Å². The summed E-state index contributed by atoms with van der Waals surface area (Å²) in [5.41, 5.74) is 6.46. The van der Waals surface area contributed by atoms with Crippen molar-refractivity contribution in [3.8, 4) is 5.75 Å². The molecule has 1 rings (SSSR count). The minimum absolute atomic E-state index is 0. The Labute approximate surface area is 126 Å². The van der Waals surface area contributed by atoms with Gasteiger partial charge in [0, 0.05) is 18.7 Å². The number of ether oxygens (including phenoxy) is 1. The number of nitrogens with zero attached hydrogens (tertiary/aromatic N) is 1. The molecule has 20 heavy (non-hydrogen) atoms. The van der Waals surface area contributed by atoms with Crippen molar-refractivity contribution in [1.82, 2.24) is 10.2 Å². The number of halogens is 1. The molecule has 1 unspecified atom stereocenters. The highest BCUT2D eigenvalue weighted by Crippen LogP contribution is 2.17. The second-order valence-electron chi connectivity index (χ2n) is 4.77. The van der Waals surface area contributed by atoms with Crippen LogP contribution in [-0.2, 0) is 11.3 Å². The van der Waals surface area contributed by atoms with Crippen molar-refractivity contribution in [2.75, 3.05) is 27.2 Å². The van der Waals surface area contributed by atoms with Gasteiger partial charge in [0.05, 0.1) is 6.04 Å². The number of amides is 1. The van der Waals surface area contributed by atoms with Crippen LogP contribution in [0.5, 0.6) is 5.75 Å². The van der Waals surface area contributed by atoms with E-state index < -0.39 is 6.04 Å². The van der Waals surface area contributed by atoms with Gasteiger partial charge in [0.1, 0.15) is 12.4 Å². The van der Waals surface area contributed by atoms with Crippen LogP contribution >= 0.6 is 12.4 Å². The van der Waals surface area contributed by atoms with E-state index in [1.54, 1.807) is 6.92 Å². The summed E-state index contributed by atoms with van der Waals surface area (Å²) >= 11 is 0. The molecule has 6 heteroatoms. The summed E-state index contributed by atoms with van der Waals surface area (Å²) < 4.78 is 5.72. The molecule has 114 valence electrons. The lowest BCUT2D eigenvalue weighted by atomic mass is 10.2. The Morgan fingerprint density at radius 2 is 2.05 bits per heavy atom. The Morgan fingerprint density at radius 3 is 2.65 bits per heavy atom. The van der Waals surface area contributed by atoms with Crippen LogP contribution in [0.25, 0.3) is 0 Å². The fourth-order valence-corrected chi connectivity index (χ4v) is 1.47. The summed E-state index contributed by atoms with van der Waals surface area (Å²) in [5, 5.41) is 2.78. The molecular formula is C14H24ClN3O2. The van der Waals surface area contributed by atoms with Gasteiger partial charge in [0.2, 0.25) is 5.91 Å². The molecule has 0 fully saturated rings. The monoisotopic (exact) mass is 301 g/mol. The minimum Gasteiger partial charge on any atom is -0.492 e. The van der Waals surface area contributed by atoms with Gasteiger partial charge in [-0.1, -0.05) is 18.2 Å². The smallest absolute Gasteiger partial charge is 0.236 e. The van der Waals surface area contributed by atoms with E-state index in [-0.39, 0.29) is 18.3 Å². The van der Waals surface area contributed by atoms with Crippen molar-refractivity contribution in [2.45, 2.75) is 19.5 Å². The zero-order valence-electron chi connectivity index (χ0n) is 12.3. The number of nitrogens with one attached hydrogen (secondary N) is 1. The molecule has 5 nitrogen and oxygen atoms in total. The van der Waals surface area contributed by atoms with E-state index in [1.807, 2.05) is 38.4 Å². The Balaban J connectivity index is 0.00000361. The van der Waals surface area contributed by atoms with Crippen LogP contribution in [0.15, 0.2) is 24.3 Å². The molecule has 0 radical (unpaired) electrons. The maximum atomic E-state index is 11.4. The van der Waals surface area contributed by atoms with Crippen molar-refractivity contribution in [1.29, 1.82) is 0 Å². The Bertz CT molecular complexity index is 411. The minimum atomic E-state index is -0.498. The van der Waals surface area contributed by atoms with E-state index in [1.165, 1.54) is 0 Å². The number of nitrogens with two attached hydrogens (primary N) is 1. The van der Waals surface area contributed by atoms with Crippen molar-refractivity contribution in [3.63, 3.8) is 0 Å². The molecule has 0 aliphatic heterocycles. The topological polar surface area (TPSA) is 67.6 Å². The summed E-state index contributed by atoms with van der Waals surface area (Å²) in [4.78, 5) is 13.5. The highest BCUT2D eigenvalue weighted by Gasteiger charge is 2.08. The number of rotatable bonds is 7. The third kappa shape index (κ3) is 6.75. The average molecular weight is 302 g/mol. The second-order valence-corrected chi connectivity index (χ2v) is 4.77. The molecular weight excluding hydrogens is 278 g/mol. The van der Waals surface area contributed by atoms with Gasteiger partial charge in [-0.3, -0.25) is 4.79 Å². The first kappa shape index (κ1) is 18.7. The van der Waals surface area contributed by atoms with Gasteiger partial charge < -0.3 is 20.7 Å². The van der Waals surface area contributed by atoms with Crippen LogP contribution in [0.3, 0.4) is 0 Å². The molecule has 0 aromatic heterocycles. The van der Waals surface area contributed by atoms with Gasteiger partial charge in [0.25, 0.3) is 0 Å². The highest BCUT2D eigenvalue weighted by molar-refractivity contribution is 5.85. The average Bonchev–Trinajstić information content (AvgIpc) is 2.36. The van der Waals surface area contributed by atoms with Crippen LogP contribution in [0.4, 0.5) is 0 Å². The summed E-state index contributed by atoms with van der Waals surface area (Å²) in [6.07, 6.45) is 0. The van der Waals surface area contributed by atoms with Gasteiger partial charge in [-0.25, -0.2) is 0 Å². The maximum absolute atomic E-state index is 11.4. The molecule has 0 bridgehead atoms. The third-order valence-electron chi connectivity index (χ3n) is 2.64. The molecule has 3 N–H and O–H groups in total. The van der Waals surface area contributed by atoms with Crippen molar-refractivity contribution in [3.05, 3.63) is 29.8 Å². The molecule has 1 aromatic rings. The van der Waals surface area contributed by atoms with Gasteiger partial charge in [-0.05, 0) is 27.1 Å². The molecule has 0 saturated carbocycles. The van der Waals surface area contributed by atoms with Gasteiger partial charge in [-0.15, -0.1) is 12.4 Å². The molecule has 0 aliphatic carbocycles. The fourth-order valence-electron chi connectivity index (χ4n) is 1.47. The summed E-state index contributed by atoms with van der Waals surface area (Å²) in [6, 6.07) is 7.19. The normalized spacial score (nSPS) is 11.7. The van der Waals surface area contributed by atoms with Crippen LogP contribution in [-0.4, -0.2) is 44.1 Å². The zero-order valence-corrected chi connectivity index (χ0v) is 13.1. The molecule has 1 amide bonds. The lowest BCUT2D eigenvalue weighted by molar-refractivity contribution is -0.122. The van der Waals surface area contributed by atoms with E-state index in [0.717, 1.165) is 17.9 Å². The van der Waals surface area contributed by atoms with Crippen LogP contribution < -0.4 is 15.8 Å². The van der Waals surface area contributed by atoms with Gasteiger partial charge in [-0.2, -0.15) is 0 Å². The van der Waals surface area contributed by atoms with E-state index in [0.29, 0.717) is 13.2 Å². The Kier molecular flexibility index (Phi) is 8.96. The first-order chi connectivity index (χ1) is 9.00. The largest absolute Gasteiger partial charge is 0.492 e. The number of likely N-dealkylation sites (N-methyl/N-ethyl adjacent to an activating group) is 1. The molecule has 1 aromatic carbocycles. The number of carbonyl (C=O) groups is 1. The summed E-state index contributed by atoms with van der Waals surface area (Å²) in [5.74, 6) is 0.636. The van der Waals surface area contributed by atoms with E-state index in [4.69, 9.17) is 10.5 Å². The first-order valence-electron chi connectivity index (χ1n) is 6.39. The molecule has 1 atom stereocenters. The Morgan fingerprint density at radius 1 is 1.40 bits per heavy atom. The Hall–Kier alpha value is -1.30. The number of carbonyl (C=O) groups excluding carboxylic acids is 1. The van der Waals surface area contributed by atoms with Gasteiger partial charge >= 0.3 is 0 Å². The number of hydrogen-bond acceptors (Lipinski definition) is 4. The predicted molar refractivity (Wildman–Crippen MR) is 83.2 cm³/mol. The van der Waals surface area contributed by atoms with Crippen LogP contribution in [0.2, 0.25) is 0 Å². The van der Waals surface area contributed by atoms with Gasteiger partial charge in [0.15, 0.2) is 0 Å². The first-order valence-corrected chi connectivity index (χ1v) is 6.39. The lowest BCUT2D eigenvalue weighted by Crippen LogP contribution is -2.37. The zero-order chi connectivity index (χ0) is 14.3. The summed E-state index contributed by atoms with van der Waals surface area (Å²) in [6.45, 7) is 3.55. The number of benzene rings is 1. The maximum Gasteiger partial charge on any atom is 0.236 e. The summed E-state index contributed by atoms with van der Waals surface area (Å²) in [7, 11) is 4.00.